The van der Waals surface area contributed by atoms with Crippen LogP contribution in [0, 0.1) is 5.92 Å². The maximum atomic E-state index is 12.9. The van der Waals surface area contributed by atoms with E-state index in [9.17, 15) is 14.7 Å². The third-order valence-corrected chi connectivity index (χ3v) is 4.66. The SMILES string of the molecule is CCOC(=O)c1c(O)n2ncc(Br)c2n(CC2CCOCC2)c1=O. The lowest BCUT2D eigenvalue weighted by Gasteiger charge is -2.23. The average molecular weight is 400 g/mol. The van der Waals surface area contributed by atoms with Crippen molar-refractivity contribution in [2.24, 2.45) is 5.92 Å². The Morgan fingerprint density at radius 3 is 2.88 bits per heavy atom. The highest BCUT2D eigenvalue weighted by molar-refractivity contribution is 9.10. The van der Waals surface area contributed by atoms with E-state index in [-0.39, 0.29) is 12.5 Å². The summed E-state index contributed by atoms with van der Waals surface area (Å²) in [7, 11) is 0. The number of carbonyl (C=O) groups is 1. The molecular weight excluding hydrogens is 382 g/mol. The van der Waals surface area contributed by atoms with Gasteiger partial charge in [-0.15, -0.1) is 0 Å². The van der Waals surface area contributed by atoms with E-state index in [0.717, 1.165) is 12.8 Å². The van der Waals surface area contributed by atoms with Crippen LogP contribution >= 0.6 is 15.9 Å². The molecule has 0 spiro atoms. The van der Waals surface area contributed by atoms with Crippen molar-refractivity contribution >= 4 is 27.5 Å². The van der Waals surface area contributed by atoms with Crippen LogP contribution in [-0.4, -0.2) is 45.1 Å². The van der Waals surface area contributed by atoms with Crippen molar-refractivity contribution in [3.05, 3.63) is 26.6 Å². The summed E-state index contributed by atoms with van der Waals surface area (Å²) in [6.45, 7) is 3.47. The second-order valence-electron chi connectivity index (χ2n) is 5.62. The number of rotatable bonds is 4. The minimum absolute atomic E-state index is 0.110. The van der Waals surface area contributed by atoms with Crippen molar-refractivity contribution < 1.29 is 19.4 Å². The molecule has 3 heterocycles. The summed E-state index contributed by atoms with van der Waals surface area (Å²) in [5.41, 5.74) is -0.560. The van der Waals surface area contributed by atoms with E-state index in [1.807, 2.05) is 0 Å². The van der Waals surface area contributed by atoms with Crippen LogP contribution in [0.25, 0.3) is 5.65 Å². The summed E-state index contributed by atoms with van der Waals surface area (Å²) in [6, 6.07) is 0. The van der Waals surface area contributed by atoms with E-state index in [1.165, 1.54) is 15.3 Å². The highest BCUT2D eigenvalue weighted by Crippen LogP contribution is 2.25. The number of aromatic hydroxyl groups is 1. The van der Waals surface area contributed by atoms with Crippen LogP contribution in [0.3, 0.4) is 0 Å². The number of hydrogen-bond acceptors (Lipinski definition) is 6. The lowest BCUT2D eigenvalue weighted by Crippen LogP contribution is -2.33. The monoisotopic (exact) mass is 399 g/mol. The zero-order valence-electron chi connectivity index (χ0n) is 13.2. The van der Waals surface area contributed by atoms with Crippen LogP contribution in [0.2, 0.25) is 0 Å². The number of hydrogen-bond donors (Lipinski definition) is 1. The Hall–Kier alpha value is -1.87. The maximum Gasteiger partial charge on any atom is 0.349 e. The molecule has 0 bridgehead atoms. The van der Waals surface area contributed by atoms with Gasteiger partial charge < -0.3 is 14.6 Å². The van der Waals surface area contributed by atoms with Gasteiger partial charge in [-0.05, 0) is 41.6 Å². The van der Waals surface area contributed by atoms with Gasteiger partial charge in [0.1, 0.15) is 0 Å². The molecule has 2 aromatic rings. The maximum absolute atomic E-state index is 12.9. The van der Waals surface area contributed by atoms with Crippen molar-refractivity contribution in [3.8, 4) is 5.88 Å². The third kappa shape index (κ3) is 2.93. The Kier molecular flexibility index (Phi) is 4.91. The second-order valence-corrected chi connectivity index (χ2v) is 6.47. The number of nitrogens with zero attached hydrogens (tertiary/aromatic N) is 3. The van der Waals surface area contributed by atoms with Gasteiger partial charge in [-0.3, -0.25) is 9.36 Å². The molecule has 0 atom stereocenters. The zero-order chi connectivity index (χ0) is 17.3. The molecule has 24 heavy (non-hydrogen) atoms. The Morgan fingerprint density at radius 1 is 1.50 bits per heavy atom. The summed E-state index contributed by atoms with van der Waals surface area (Å²) in [5, 5.41) is 14.4. The van der Waals surface area contributed by atoms with Gasteiger partial charge in [-0.1, -0.05) is 0 Å². The molecule has 1 fully saturated rings. The molecule has 0 amide bonds. The fraction of sp³-hybridized carbons (Fsp3) is 0.533. The van der Waals surface area contributed by atoms with E-state index in [0.29, 0.717) is 29.9 Å². The topological polar surface area (TPSA) is 95.1 Å². The molecule has 8 nitrogen and oxygen atoms in total. The van der Waals surface area contributed by atoms with Crippen LogP contribution in [0.5, 0.6) is 5.88 Å². The minimum Gasteiger partial charge on any atom is -0.492 e. The Balaban J connectivity index is 2.16. The molecule has 1 N–H and O–H groups in total. The number of aromatic nitrogens is 3. The summed E-state index contributed by atoms with van der Waals surface area (Å²) in [5.74, 6) is -1.11. The van der Waals surface area contributed by atoms with Crippen molar-refractivity contribution in [1.29, 1.82) is 0 Å². The van der Waals surface area contributed by atoms with Crippen LogP contribution < -0.4 is 5.56 Å². The molecule has 3 rings (SSSR count). The van der Waals surface area contributed by atoms with Gasteiger partial charge >= 0.3 is 5.97 Å². The van der Waals surface area contributed by atoms with Crippen LogP contribution in [-0.2, 0) is 16.0 Å². The van der Waals surface area contributed by atoms with Gasteiger partial charge in [-0.25, -0.2) is 4.79 Å². The van der Waals surface area contributed by atoms with Crippen molar-refractivity contribution in [3.63, 3.8) is 0 Å². The Bertz CT molecular complexity index is 823. The van der Waals surface area contributed by atoms with Gasteiger partial charge in [0.25, 0.3) is 5.56 Å². The Labute approximate surface area is 146 Å². The van der Waals surface area contributed by atoms with E-state index in [4.69, 9.17) is 9.47 Å². The molecule has 0 saturated carbocycles. The van der Waals surface area contributed by atoms with Gasteiger partial charge in [0.2, 0.25) is 5.88 Å². The fourth-order valence-corrected chi connectivity index (χ4v) is 3.36. The molecule has 9 heteroatoms. The number of esters is 1. The highest BCUT2D eigenvalue weighted by Gasteiger charge is 2.27. The van der Waals surface area contributed by atoms with Crippen LogP contribution in [0.15, 0.2) is 15.5 Å². The van der Waals surface area contributed by atoms with Gasteiger partial charge in [0, 0.05) is 19.8 Å². The lowest BCUT2D eigenvalue weighted by molar-refractivity contribution is 0.0514. The predicted molar refractivity (Wildman–Crippen MR) is 88.3 cm³/mol. The van der Waals surface area contributed by atoms with E-state index >= 15 is 0 Å². The first-order valence-corrected chi connectivity index (χ1v) is 8.57. The third-order valence-electron chi connectivity index (χ3n) is 4.10. The highest BCUT2D eigenvalue weighted by atomic mass is 79.9. The average Bonchev–Trinajstić information content (AvgIpc) is 2.95. The quantitative estimate of drug-likeness (QED) is 0.783. The second kappa shape index (κ2) is 6.94. The molecule has 0 aliphatic carbocycles. The molecule has 2 aromatic heterocycles. The molecular formula is C15H18BrN3O5. The van der Waals surface area contributed by atoms with Gasteiger partial charge in [-0.2, -0.15) is 9.61 Å². The van der Waals surface area contributed by atoms with Gasteiger partial charge in [0.05, 0.1) is 17.3 Å². The summed E-state index contributed by atoms with van der Waals surface area (Å²) in [6.07, 6.45) is 3.14. The molecule has 1 aliphatic rings. The summed E-state index contributed by atoms with van der Waals surface area (Å²) >= 11 is 3.35. The standard InChI is InChI=1S/C15H18BrN3O5/c1-2-24-15(22)11-13(20)18(8-9-3-5-23-6-4-9)12-10(16)7-17-19(12)14(11)21/h7,9,21H,2-6,8H2,1H3. The zero-order valence-corrected chi connectivity index (χ0v) is 14.8. The summed E-state index contributed by atoms with van der Waals surface area (Å²) in [4.78, 5) is 25.0. The molecule has 0 radical (unpaired) electrons. The number of carbonyl (C=O) groups excluding carboxylic acids is 1. The normalized spacial score (nSPS) is 15.8. The van der Waals surface area contributed by atoms with Crippen molar-refractivity contribution in [2.45, 2.75) is 26.3 Å². The van der Waals surface area contributed by atoms with Crippen LogP contribution in [0.4, 0.5) is 0 Å². The Morgan fingerprint density at radius 2 is 2.21 bits per heavy atom. The molecule has 1 aliphatic heterocycles. The predicted octanol–water partition coefficient (Wildman–Crippen LogP) is 1.57. The smallest absolute Gasteiger partial charge is 0.349 e. The van der Waals surface area contributed by atoms with E-state index in [1.54, 1.807) is 6.92 Å². The lowest BCUT2D eigenvalue weighted by atomic mass is 10.0. The molecule has 0 aromatic carbocycles. The number of fused-ring (bicyclic) bond motifs is 1. The molecule has 0 unspecified atom stereocenters. The van der Waals surface area contributed by atoms with E-state index < -0.39 is 23.0 Å². The first kappa shape index (κ1) is 17.0. The van der Waals surface area contributed by atoms with Crippen LogP contribution in [0.1, 0.15) is 30.1 Å². The summed E-state index contributed by atoms with van der Waals surface area (Å²) < 4.78 is 13.5. The van der Waals surface area contributed by atoms with Crippen molar-refractivity contribution in [1.82, 2.24) is 14.2 Å². The van der Waals surface area contributed by atoms with Gasteiger partial charge in [0.15, 0.2) is 11.2 Å². The minimum atomic E-state index is -0.853. The number of ether oxygens (including phenoxy) is 2. The first-order valence-electron chi connectivity index (χ1n) is 7.78. The molecule has 130 valence electrons. The van der Waals surface area contributed by atoms with E-state index in [2.05, 4.69) is 21.0 Å². The molecule has 1 saturated heterocycles. The first-order chi connectivity index (χ1) is 11.5. The number of halogens is 1. The largest absolute Gasteiger partial charge is 0.492 e. The fourth-order valence-electron chi connectivity index (χ4n) is 2.89. The van der Waals surface area contributed by atoms with Crippen molar-refractivity contribution in [2.75, 3.05) is 19.8 Å².